The average Bonchev–Trinajstić information content (AvgIpc) is 2.60. The Morgan fingerprint density at radius 1 is 1.27 bits per heavy atom. The lowest BCUT2D eigenvalue weighted by molar-refractivity contribution is -0.171. The van der Waals surface area contributed by atoms with E-state index in [0.29, 0.717) is 11.3 Å². The molecule has 1 aromatic heterocycles. The molecule has 0 radical (unpaired) electrons. The van der Waals surface area contributed by atoms with Crippen molar-refractivity contribution in [3.63, 3.8) is 0 Å². The second-order valence-electron chi connectivity index (χ2n) is 10.1. The second kappa shape index (κ2) is 9.53. The van der Waals surface area contributed by atoms with E-state index in [1.54, 1.807) is 0 Å². The molecule has 1 aliphatic rings. The van der Waals surface area contributed by atoms with E-state index in [0.717, 1.165) is 41.8 Å². The third-order valence-electron chi connectivity index (χ3n) is 5.28. The van der Waals surface area contributed by atoms with Gasteiger partial charge in [-0.1, -0.05) is 13.8 Å². The highest BCUT2D eigenvalue weighted by molar-refractivity contribution is 9.10. The second-order valence-corrected chi connectivity index (χ2v) is 10.9. The predicted octanol–water partition coefficient (Wildman–Crippen LogP) is 5.08. The number of aromatic nitrogens is 1. The lowest BCUT2D eigenvalue weighted by Crippen LogP contribution is -2.39. The molecule has 1 fully saturated rings. The summed E-state index contributed by atoms with van der Waals surface area (Å²) in [5.74, 6) is -0.467. The first kappa shape index (κ1) is 25.1. The van der Waals surface area contributed by atoms with E-state index in [1.807, 2.05) is 41.5 Å². The van der Waals surface area contributed by atoms with Crippen molar-refractivity contribution < 1.29 is 19.4 Å². The molecule has 0 saturated carbocycles. The molecule has 1 N–H and O–H groups in total. The number of halogens is 1. The summed E-state index contributed by atoms with van der Waals surface area (Å²) in [5, 5.41) is 10.1. The van der Waals surface area contributed by atoms with Gasteiger partial charge in [-0.05, 0) is 75.7 Å². The molecule has 2 heterocycles. The van der Waals surface area contributed by atoms with E-state index in [2.05, 4.69) is 39.7 Å². The third kappa shape index (κ3) is 6.17. The van der Waals surface area contributed by atoms with Gasteiger partial charge < -0.3 is 19.5 Å². The zero-order chi connectivity index (χ0) is 22.9. The van der Waals surface area contributed by atoms with Crippen molar-refractivity contribution in [1.29, 1.82) is 0 Å². The van der Waals surface area contributed by atoms with Crippen molar-refractivity contribution in [2.24, 2.45) is 5.41 Å². The van der Waals surface area contributed by atoms with Crippen LogP contribution in [0.3, 0.4) is 0 Å². The van der Waals surface area contributed by atoms with Crippen molar-refractivity contribution in [3.8, 4) is 0 Å². The van der Waals surface area contributed by atoms with E-state index in [-0.39, 0.29) is 18.1 Å². The molecule has 1 aromatic rings. The number of esters is 1. The first-order valence-corrected chi connectivity index (χ1v) is 11.5. The van der Waals surface area contributed by atoms with Crippen molar-refractivity contribution in [2.75, 3.05) is 18.0 Å². The van der Waals surface area contributed by atoms with Gasteiger partial charge in [0.05, 0.1) is 39.9 Å². The van der Waals surface area contributed by atoms with Crippen molar-refractivity contribution in [3.05, 3.63) is 21.4 Å². The Morgan fingerprint density at radius 3 is 2.30 bits per heavy atom. The van der Waals surface area contributed by atoms with Crippen LogP contribution in [0.4, 0.5) is 5.69 Å². The monoisotopic (exact) mass is 484 g/mol. The van der Waals surface area contributed by atoms with E-state index < -0.39 is 17.7 Å². The lowest BCUT2D eigenvalue weighted by Gasteiger charge is -2.40. The topological polar surface area (TPSA) is 71.9 Å². The SMILES string of the molecule is Cc1nc(CO)c([C@H](OC(C)(C)C)C(=O)OC(C)C)c(N2CCC(C)(C)CC2)c1Br. The van der Waals surface area contributed by atoms with Crippen LogP contribution in [0.25, 0.3) is 0 Å². The van der Waals surface area contributed by atoms with Gasteiger partial charge in [-0.15, -0.1) is 0 Å². The summed E-state index contributed by atoms with van der Waals surface area (Å²) in [5.41, 5.74) is 2.38. The number of rotatable bonds is 6. The number of hydrogen-bond acceptors (Lipinski definition) is 6. The number of carbonyl (C=O) groups excluding carboxylic acids is 1. The van der Waals surface area contributed by atoms with Gasteiger partial charge in [0.1, 0.15) is 0 Å². The standard InChI is InChI=1S/C23H37BrN2O4/c1-14(2)29-21(28)20(30-22(4,5)6)17-16(13-27)25-15(3)18(24)19(17)26-11-9-23(7,8)10-12-26/h14,20,27H,9-13H2,1-8H3/t20-/m0/s1. The minimum Gasteiger partial charge on any atom is -0.461 e. The summed E-state index contributed by atoms with van der Waals surface area (Å²) in [7, 11) is 0. The fourth-order valence-corrected chi connectivity index (χ4v) is 4.20. The molecule has 6 nitrogen and oxygen atoms in total. The largest absolute Gasteiger partial charge is 0.461 e. The van der Waals surface area contributed by atoms with Crippen LogP contribution >= 0.6 is 15.9 Å². The molecule has 0 aliphatic carbocycles. The Balaban J connectivity index is 2.66. The first-order valence-electron chi connectivity index (χ1n) is 10.7. The number of piperidine rings is 1. The number of carbonyl (C=O) groups is 1. The molecule has 0 spiro atoms. The van der Waals surface area contributed by atoms with Gasteiger partial charge in [0, 0.05) is 18.7 Å². The van der Waals surface area contributed by atoms with Crippen LogP contribution in [0.5, 0.6) is 0 Å². The highest BCUT2D eigenvalue weighted by Gasteiger charge is 2.37. The van der Waals surface area contributed by atoms with Crippen LogP contribution in [-0.2, 0) is 20.9 Å². The molecule has 1 atom stereocenters. The van der Waals surface area contributed by atoms with Gasteiger partial charge in [0.15, 0.2) is 6.10 Å². The van der Waals surface area contributed by atoms with E-state index in [9.17, 15) is 9.90 Å². The Labute approximate surface area is 189 Å². The van der Waals surface area contributed by atoms with Crippen LogP contribution < -0.4 is 4.90 Å². The quantitative estimate of drug-likeness (QED) is 0.567. The number of hydrogen-bond donors (Lipinski definition) is 1. The predicted molar refractivity (Wildman–Crippen MR) is 123 cm³/mol. The molecule has 1 aliphatic heterocycles. The zero-order valence-corrected chi connectivity index (χ0v) is 21.2. The maximum atomic E-state index is 13.1. The Morgan fingerprint density at radius 2 is 1.83 bits per heavy atom. The first-order chi connectivity index (χ1) is 13.8. The summed E-state index contributed by atoms with van der Waals surface area (Å²) in [6.45, 7) is 17.2. The molecular weight excluding hydrogens is 448 g/mol. The fraction of sp³-hybridized carbons (Fsp3) is 0.739. The normalized spacial score (nSPS) is 17.9. The number of pyridine rings is 1. The Kier molecular flexibility index (Phi) is 7.97. The maximum absolute atomic E-state index is 13.1. The number of ether oxygens (including phenoxy) is 2. The lowest BCUT2D eigenvalue weighted by atomic mass is 9.82. The number of anilines is 1. The van der Waals surface area contributed by atoms with E-state index in [1.165, 1.54) is 0 Å². The van der Waals surface area contributed by atoms with E-state index in [4.69, 9.17) is 9.47 Å². The van der Waals surface area contributed by atoms with E-state index >= 15 is 0 Å². The van der Waals surface area contributed by atoms with Gasteiger partial charge in [-0.2, -0.15) is 0 Å². The Hall–Kier alpha value is -1.18. The number of aliphatic hydroxyl groups is 1. The fourth-order valence-electron chi connectivity index (χ4n) is 3.65. The minimum absolute atomic E-state index is 0.276. The smallest absolute Gasteiger partial charge is 0.340 e. The number of nitrogens with zero attached hydrogens (tertiary/aromatic N) is 2. The van der Waals surface area contributed by atoms with Crippen LogP contribution in [0.2, 0.25) is 0 Å². The summed E-state index contributed by atoms with van der Waals surface area (Å²) >= 11 is 3.71. The summed E-state index contributed by atoms with van der Waals surface area (Å²) in [6.07, 6.45) is 0.817. The van der Waals surface area contributed by atoms with Gasteiger partial charge in [0.2, 0.25) is 0 Å². The van der Waals surface area contributed by atoms with Crippen molar-refractivity contribution in [2.45, 2.75) is 92.6 Å². The molecule has 2 rings (SSSR count). The van der Waals surface area contributed by atoms with Crippen LogP contribution in [0.1, 0.15) is 84.4 Å². The van der Waals surface area contributed by atoms with Gasteiger partial charge >= 0.3 is 5.97 Å². The van der Waals surface area contributed by atoms with Gasteiger partial charge in [-0.3, -0.25) is 4.98 Å². The zero-order valence-electron chi connectivity index (χ0n) is 19.6. The summed E-state index contributed by atoms with van der Waals surface area (Å²) < 4.78 is 12.6. The molecule has 170 valence electrons. The molecule has 30 heavy (non-hydrogen) atoms. The van der Waals surface area contributed by atoms with Crippen LogP contribution in [0, 0.1) is 12.3 Å². The maximum Gasteiger partial charge on any atom is 0.340 e. The van der Waals surface area contributed by atoms with Crippen molar-refractivity contribution in [1.82, 2.24) is 4.98 Å². The molecule has 1 saturated heterocycles. The molecule has 0 unspecified atom stereocenters. The minimum atomic E-state index is -0.983. The van der Waals surface area contributed by atoms with Crippen molar-refractivity contribution >= 4 is 27.6 Å². The Bertz CT molecular complexity index is 761. The van der Waals surface area contributed by atoms with Crippen LogP contribution in [0.15, 0.2) is 4.47 Å². The van der Waals surface area contributed by atoms with Gasteiger partial charge in [-0.25, -0.2) is 4.79 Å². The molecular formula is C23H37BrN2O4. The average molecular weight is 485 g/mol. The van der Waals surface area contributed by atoms with Crippen LogP contribution in [-0.4, -0.2) is 40.9 Å². The number of aryl methyl sites for hydroxylation is 1. The van der Waals surface area contributed by atoms with Gasteiger partial charge in [0.25, 0.3) is 0 Å². The highest BCUT2D eigenvalue weighted by Crippen LogP contribution is 2.43. The number of aliphatic hydroxyl groups excluding tert-OH is 1. The molecule has 7 heteroatoms. The molecule has 0 bridgehead atoms. The molecule has 0 amide bonds. The third-order valence-corrected chi connectivity index (χ3v) is 6.23. The summed E-state index contributed by atoms with van der Waals surface area (Å²) in [6, 6.07) is 0. The molecule has 0 aromatic carbocycles. The highest BCUT2D eigenvalue weighted by atomic mass is 79.9. The summed E-state index contributed by atoms with van der Waals surface area (Å²) in [4.78, 5) is 20.0.